The van der Waals surface area contributed by atoms with Crippen LogP contribution in [0.15, 0.2) is 60.3 Å². The van der Waals surface area contributed by atoms with Gasteiger partial charge in [0, 0.05) is 0 Å². The topological polar surface area (TPSA) is 0 Å². The molecule has 2 aromatic rings. The molecule has 1 heteroatoms. The highest BCUT2D eigenvalue weighted by atomic mass is 19.1. The molecule has 2 rings (SSSR count). The summed E-state index contributed by atoms with van der Waals surface area (Å²) in [5.74, 6) is -0.213. The minimum atomic E-state index is -0.213. The van der Waals surface area contributed by atoms with Crippen molar-refractivity contribution in [1.82, 2.24) is 0 Å². The fourth-order valence-electron chi connectivity index (χ4n) is 1.81. The first kappa shape index (κ1) is 12.3. The zero-order valence-corrected chi connectivity index (χ0v) is 10.6. The van der Waals surface area contributed by atoms with Crippen molar-refractivity contribution in [3.63, 3.8) is 0 Å². The lowest BCUT2D eigenvalue weighted by molar-refractivity contribution is 0.627. The van der Waals surface area contributed by atoms with Crippen LogP contribution in [0.2, 0.25) is 0 Å². The van der Waals surface area contributed by atoms with Gasteiger partial charge in [-0.1, -0.05) is 42.5 Å². The molecule has 0 unspecified atom stereocenters. The van der Waals surface area contributed by atoms with E-state index in [2.05, 4.69) is 17.9 Å². The lowest BCUT2D eigenvalue weighted by Crippen LogP contribution is -1.81. The van der Waals surface area contributed by atoms with Crippen molar-refractivity contribution in [1.29, 1.82) is 0 Å². The van der Waals surface area contributed by atoms with Gasteiger partial charge in [-0.2, -0.15) is 0 Å². The van der Waals surface area contributed by atoms with Gasteiger partial charge in [0.1, 0.15) is 5.82 Å². The Morgan fingerprint density at radius 2 is 1.28 bits per heavy atom. The number of benzene rings is 2. The van der Waals surface area contributed by atoms with Crippen molar-refractivity contribution in [3.05, 3.63) is 77.3 Å². The molecule has 0 spiro atoms. The molecule has 0 nitrogen and oxygen atoms in total. The van der Waals surface area contributed by atoms with Crippen molar-refractivity contribution in [2.24, 2.45) is 0 Å². The van der Waals surface area contributed by atoms with Gasteiger partial charge in [0.25, 0.3) is 0 Å². The molecule has 0 aliphatic rings. The average Bonchev–Trinajstić information content (AvgIpc) is 2.40. The molecule has 2 aromatic carbocycles. The largest absolute Gasteiger partial charge is 0.207 e. The Bertz CT molecular complexity index is 585. The van der Waals surface area contributed by atoms with E-state index in [1.165, 1.54) is 12.1 Å². The Kier molecular flexibility index (Phi) is 3.76. The Labute approximate surface area is 107 Å². The summed E-state index contributed by atoms with van der Waals surface area (Å²) < 4.78 is 12.8. The molecule has 0 aliphatic heterocycles. The molecule has 0 bridgehead atoms. The van der Waals surface area contributed by atoms with E-state index >= 15 is 0 Å². The third-order valence-electron chi connectivity index (χ3n) is 2.86. The second-order valence-electron chi connectivity index (χ2n) is 4.25. The second kappa shape index (κ2) is 5.48. The van der Waals surface area contributed by atoms with Crippen LogP contribution in [-0.4, -0.2) is 0 Å². The van der Waals surface area contributed by atoms with Gasteiger partial charge in [0.15, 0.2) is 0 Å². The van der Waals surface area contributed by atoms with Crippen LogP contribution >= 0.6 is 0 Å². The first-order valence-corrected chi connectivity index (χ1v) is 5.92. The number of hydrogen-bond donors (Lipinski definition) is 0. The van der Waals surface area contributed by atoms with Gasteiger partial charge in [-0.25, -0.2) is 4.39 Å². The molecule has 18 heavy (non-hydrogen) atoms. The summed E-state index contributed by atoms with van der Waals surface area (Å²) in [6.07, 6.45) is 0. The highest BCUT2D eigenvalue weighted by Gasteiger charge is 1.97. The van der Waals surface area contributed by atoms with E-state index in [0.29, 0.717) is 0 Å². The first-order chi connectivity index (χ1) is 8.66. The Morgan fingerprint density at radius 3 is 1.83 bits per heavy atom. The smallest absolute Gasteiger partial charge is 0.123 e. The van der Waals surface area contributed by atoms with Crippen molar-refractivity contribution >= 4 is 11.1 Å². The third-order valence-corrected chi connectivity index (χ3v) is 2.86. The molecule has 0 N–H and O–H groups in total. The van der Waals surface area contributed by atoms with E-state index in [1.54, 1.807) is 12.1 Å². The predicted octanol–water partition coefficient (Wildman–Crippen LogP) is 4.93. The van der Waals surface area contributed by atoms with Crippen LogP contribution in [0.3, 0.4) is 0 Å². The van der Waals surface area contributed by atoms with Crippen molar-refractivity contribution in [2.75, 3.05) is 0 Å². The SMILES string of the molecule is CC(=C=C(C)c1ccc(F)cc1)c1ccccc1. The number of allylic oxidation sites excluding steroid dienone is 1. The molecule has 0 fully saturated rings. The van der Waals surface area contributed by atoms with Crippen molar-refractivity contribution < 1.29 is 4.39 Å². The van der Waals surface area contributed by atoms with Crippen LogP contribution < -0.4 is 0 Å². The molecule has 0 aromatic heterocycles. The van der Waals surface area contributed by atoms with E-state index in [9.17, 15) is 4.39 Å². The van der Waals surface area contributed by atoms with Gasteiger partial charge >= 0.3 is 0 Å². The van der Waals surface area contributed by atoms with Gasteiger partial charge in [0.2, 0.25) is 0 Å². The van der Waals surface area contributed by atoms with Crippen LogP contribution in [0.4, 0.5) is 4.39 Å². The number of hydrogen-bond acceptors (Lipinski definition) is 0. The second-order valence-corrected chi connectivity index (χ2v) is 4.25. The monoisotopic (exact) mass is 238 g/mol. The Hall–Kier alpha value is -2.11. The summed E-state index contributed by atoms with van der Waals surface area (Å²) >= 11 is 0. The molecular formula is C17H15F. The zero-order valence-electron chi connectivity index (χ0n) is 10.6. The molecule has 0 radical (unpaired) electrons. The lowest BCUT2D eigenvalue weighted by Gasteiger charge is -2.00. The van der Waals surface area contributed by atoms with E-state index in [1.807, 2.05) is 32.0 Å². The minimum absolute atomic E-state index is 0.213. The van der Waals surface area contributed by atoms with Gasteiger partial charge in [-0.3, -0.25) is 0 Å². The van der Waals surface area contributed by atoms with E-state index in [4.69, 9.17) is 0 Å². The lowest BCUT2D eigenvalue weighted by atomic mass is 10.0. The number of halogens is 1. The summed E-state index contributed by atoms with van der Waals surface area (Å²) in [4.78, 5) is 0. The van der Waals surface area contributed by atoms with Gasteiger partial charge in [-0.15, -0.1) is 5.73 Å². The quantitative estimate of drug-likeness (QED) is 0.651. The summed E-state index contributed by atoms with van der Waals surface area (Å²) in [6.45, 7) is 4.02. The first-order valence-electron chi connectivity index (χ1n) is 5.92. The number of rotatable bonds is 2. The molecule has 90 valence electrons. The fraction of sp³-hybridized carbons (Fsp3) is 0.118. The molecule has 0 saturated heterocycles. The summed E-state index contributed by atoms with van der Waals surface area (Å²) in [6, 6.07) is 16.6. The van der Waals surface area contributed by atoms with Crippen molar-refractivity contribution in [3.8, 4) is 0 Å². The van der Waals surface area contributed by atoms with Gasteiger partial charge in [-0.05, 0) is 48.3 Å². The van der Waals surface area contributed by atoms with E-state index in [-0.39, 0.29) is 5.82 Å². The third kappa shape index (κ3) is 2.97. The van der Waals surface area contributed by atoms with Gasteiger partial charge < -0.3 is 0 Å². The summed E-state index contributed by atoms with van der Waals surface area (Å²) in [7, 11) is 0. The summed E-state index contributed by atoms with van der Waals surface area (Å²) in [5, 5.41) is 0. The molecular weight excluding hydrogens is 223 g/mol. The molecule has 0 aliphatic carbocycles. The van der Waals surface area contributed by atoms with Crippen LogP contribution in [-0.2, 0) is 0 Å². The predicted molar refractivity (Wildman–Crippen MR) is 74.5 cm³/mol. The maximum Gasteiger partial charge on any atom is 0.123 e. The fourth-order valence-corrected chi connectivity index (χ4v) is 1.81. The summed E-state index contributed by atoms with van der Waals surface area (Å²) in [5.41, 5.74) is 7.58. The normalized spacial score (nSPS) is 9.72. The zero-order chi connectivity index (χ0) is 13.0. The van der Waals surface area contributed by atoms with Crippen LogP contribution in [0, 0.1) is 5.82 Å². The maximum absolute atomic E-state index is 12.8. The maximum atomic E-state index is 12.8. The average molecular weight is 238 g/mol. The molecule has 0 amide bonds. The van der Waals surface area contributed by atoms with Crippen LogP contribution in [0.5, 0.6) is 0 Å². The van der Waals surface area contributed by atoms with Crippen LogP contribution in [0.25, 0.3) is 11.1 Å². The van der Waals surface area contributed by atoms with Crippen LogP contribution in [0.1, 0.15) is 25.0 Å². The standard InChI is InChI=1S/C17H15F/c1-13(15-6-4-3-5-7-15)12-14(2)16-8-10-17(18)11-9-16/h3-11H,1-2H3. The van der Waals surface area contributed by atoms with E-state index < -0.39 is 0 Å². The van der Waals surface area contributed by atoms with Gasteiger partial charge in [0.05, 0.1) is 0 Å². The molecule has 0 saturated carbocycles. The minimum Gasteiger partial charge on any atom is -0.207 e. The Morgan fingerprint density at radius 1 is 0.778 bits per heavy atom. The highest BCUT2D eigenvalue weighted by Crippen LogP contribution is 2.17. The van der Waals surface area contributed by atoms with E-state index in [0.717, 1.165) is 22.3 Å². The highest BCUT2D eigenvalue weighted by molar-refractivity contribution is 5.73. The molecule has 0 atom stereocenters. The van der Waals surface area contributed by atoms with Crippen molar-refractivity contribution in [2.45, 2.75) is 13.8 Å². The Balaban J connectivity index is 2.40. The molecule has 0 heterocycles.